The zero-order valence-electron chi connectivity index (χ0n) is 30.7. The number of benzene rings is 3. The lowest BCUT2D eigenvalue weighted by Crippen LogP contribution is -2.40. The molecule has 0 spiro atoms. The Morgan fingerprint density at radius 1 is 0.872 bits per heavy atom. The predicted molar refractivity (Wildman–Crippen MR) is 213 cm³/mol. The first-order valence-electron chi connectivity index (χ1n) is 18.5. The molecule has 0 radical (unpaired) electrons. The zero-order valence-corrected chi connectivity index (χ0v) is 30.7. The first kappa shape index (κ1) is 34.7. The Hall–Kier alpha value is -3.58. The lowest BCUT2D eigenvalue weighted by Gasteiger charge is -2.36. The van der Waals surface area contributed by atoms with E-state index in [2.05, 4.69) is 157 Å². The molecule has 1 fully saturated rings. The van der Waals surface area contributed by atoms with Crippen LogP contribution in [0.1, 0.15) is 120 Å². The Morgan fingerprint density at radius 2 is 1.57 bits per heavy atom. The smallest absolute Gasteiger partial charge is 0.0568 e. The van der Waals surface area contributed by atoms with Gasteiger partial charge in [0.2, 0.25) is 0 Å². The van der Waals surface area contributed by atoms with Crippen molar-refractivity contribution >= 4 is 22.0 Å². The third-order valence-corrected chi connectivity index (χ3v) is 11.1. The minimum atomic E-state index is -0.00331. The number of fused-ring (bicyclic) bond motifs is 6. The van der Waals surface area contributed by atoms with Crippen LogP contribution in [0, 0.1) is 11.3 Å². The lowest BCUT2D eigenvalue weighted by molar-refractivity contribution is 0.476. The van der Waals surface area contributed by atoms with Crippen molar-refractivity contribution in [2.45, 2.75) is 112 Å². The molecular formula is C46H63N. The molecule has 0 aromatic heterocycles. The van der Waals surface area contributed by atoms with Gasteiger partial charge in [0.05, 0.1) is 6.04 Å². The van der Waals surface area contributed by atoms with Crippen molar-refractivity contribution in [1.29, 1.82) is 0 Å². The normalized spacial score (nSPS) is 21.8. The molecule has 6 rings (SSSR count). The van der Waals surface area contributed by atoms with Crippen LogP contribution >= 0.6 is 0 Å². The van der Waals surface area contributed by atoms with Crippen molar-refractivity contribution in [3.63, 3.8) is 0 Å². The summed E-state index contributed by atoms with van der Waals surface area (Å²) in [5.74, 6) is 1.52. The van der Waals surface area contributed by atoms with Crippen LogP contribution in [0.15, 0.2) is 114 Å². The minimum absolute atomic E-state index is 0. The molecule has 1 nitrogen and oxygen atoms in total. The number of nitrogens with zero attached hydrogens (tertiary/aromatic N) is 1. The van der Waals surface area contributed by atoms with E-state index >= 15 is 0 Å². The second-order valence-electron chi connectivity index (χ2n) is 14.7. The van der Waals surface area contributed by atoms with Crippen molar-refractivity contribution in [3.05, 3.63) is 131 Å². The quantitative estimate of drug-likeness (QED) is 0.191. The number of hydrogen-bond donors (Lipinski definition) is 0. The highest BCUT2D eigenvalue weighted by molar-refractivity contribution is 5.93. The Morgan fingerprint density at radius 3 is 2.34 bits per heavy atom. The fraction of sp³-hybridized carbons (Fsp3) is 0.435. The van der Waals surface area contributed by atoms with Gasteiger partial charge in [-0.05, 0) is 83.5 Å². The Balaban J connectivity index is 0.00000160. The Kier molecular flexibility index (Phi) is 10.8. The number of rotatable bonds is 11. The van der Waals surface area contributed by atoms with Gasteiger partial charge in [-0.3, -0.25) is 0 Å². The molecule has 252 valence electrons. The van der Waals surface area contributed by atoms with E-state index < -0.39 is 0 Å². The highest BCUT2D eigenvalue weighted by Gasteiger charge is 2.49. The van der Waals surface area contributed by atoms with Crippen LogP contribution in [0.3, 0.4) is 0 Å². The van der Waals surface area contributed by atoms with Crippen molar-refractivity contribution in [3.8, 4) is 0 Å². The summed E-state index contributed by atoms with van der Waals surface area (Å²) in [7, 11) is 0. The Bertz CT molecular complexity index is 1720. The molecule has 1 saturated carbocycles. The van der Waals surface area contributed by atoms with Gasteiger partial charge in [0, 0.05) is 25.9 Å². The summed E-state index contributed by atoms with van der Waals surface area (Å²) in [5, 5.41) is 2.72. The topological polar surface area (TPSA) is 3.24 Å². The predicted octanol–water partition coefficient (Wildman–Crippen LogP) is 13.6. The van der Waals surface area contributed by atoms with Gasteiger partial charge < -0.3 is 4.90 Å². The van der Waals surface area contributed by atoms with E-state index in [0.29, 0.717) is 6.04 Å². The summed E-state index contributed by atoms with van der Waals surface area (Å²) in [4.78, 5) is 2.62. The second-order valence-corrected chi connectivity index (χ2v) is 14.7. The van der Waals surface area contributed by atoms with E-state index in [-0.39, 0.29) is 13.7 Å². The molecule has 0 saturated heterocycles. The van der Waals surface area contributed by atoms with Crippen LogP contribution in [-0.4, -0.2) is 12.6 Å². The van der Waals surface area contributed by atoms with Gasteiger partial charge >= 0.3 is 0 Å². The molecule has 3 aromatic carbocycles. The van der Waals surface area contributed by atoms with Gasteiger partial charge in [-0.1, -0.05) is 170 Å². The third kappa shape index (κ3) is 6.61. The summed E-state index contributed by atoms with van der Waals surface area (Å²) < 4.78 is 0. The average Bonchev–Trinajstić information content (AvgIpc) is 3.85. The van der Waals surface area contributed by atoms with Crippen molar-refractivity contribution < 1.29 is 2.85 Å². The van der Waals surface area contributed by atoms with Gasteiger partial charge in [-0.2, -0.15) is 0 Å². The van der Waals surface area contributed by atoms with Gasteiger partial charge in [0.25, 0.3) is 0 Å². The summed E-state index contributed by atoms with van der Waals surface area (Å²) in [6.45, 7) is 21.7. The fourth-order valence-electron chi connectivity index (χ4n) is 8.42. The van der Waals surface area contributed by atoms with Gasteiger partial charge in [-0.25, -0.2) is 0 Å². The third-order valence-electron chi connectivity index (χ3n) is 11.1. The Labute approximate surface area is 289 Å². The van der Waals surface area contributed by atoms with E-state index in [9.17, 15) is 0 Å². The molecule has 0 bridgehead atoms. The first-order chi connectivity index (χ1) is 22.7. The molecule has 3 unspecified atom stereocenters. The van der Waals surface area contributed by atoms with Crippen molar-refractivity contribution in [2.75, 3.05) is 11.4 Å². The summed E-state index contributed by atoms with van der Waals surface area (Å²) in [6, 6.07) is 23.1. The maximum Gasteiger partial charge on any atom is 0.0568 e. The molecule has 1 heterocycles. The molecule has 3 aliphatic rings. The SMILES string of the molecule is CC.CCCCC1=C(C(C)(C)\C(C)=C/C=C/C=C/C=C/C2N(CCC)c3ccc4ccccc4c3C2(C)C)c2ccccc2C2CC12.[HH].[HH]. The van der Waals surface area contributed by atoms with E-state index in [1.54, 1.807) is 16.7 Å². The highest BCUT2D eigenvalue weighted by atomic mass is 15.2. The van der Waals surface area contributed by atoms with Crippen molar-refractivity contribution in [2.24, 2.45) is 11.3 Å². The summed E-state index contributed by atoms with van der Waals surface area (Å²) in [5.41, 5.74) is 10.8. The van der Waals surface area contributed by atoms with Crippen LogP contribution in [0.4, 0.5) is 5.69 Å². The van der Waals surface area contributed by atoms with Crippen molar-refractivity contribution in [1.82, 2.24) is 0 Å². The molecule has 1 aliphatic heterocycles. The summed E-state index contributed by atoms with van der Waals surface area (Å²) >= 11 is 0. The van der Waals surface area contributed by atoms with E-state index in [1.807, 2.05) is 13.8 Å². The average molecular weight is 630 g/mol. The molecule has 3 atom stereocenters. The number of anilines is 1. The van der Waals surface area contributed by atoms with E-state index in [4.69, 9.17) is 0 Å². The van der Waals surface area contributed by atoms with E-state index in [0.717, 1.165) is 24.8 Å². The zero-order chi connectivity index (χ0) is 33.8. The largest absolute Gasteiger partial charge is 0.364 e. The lowest BCUT2D eigenvalue weighted by atomic mass is 9.68. The first-order valence-corrected chi connectivity index (χ1v) is 18.5. The van der Waals surface area contributed by atoms with Crippen LogP contribution in [0.25, 0.3) is 16.3 Å². The van der Waals surface area contributed by atoms with Gasteiger partial charge in [0.15, 0.2) is 0 Å². The molecule has 3 aromatic rings. The van der Waals surface area contributed by atoms with Crippen LogP contribution in [0.2, 0.25) is 0 Å². The highest BCUT2D eigenvalue weighted by Crippen LogP contribution is 2.63. The number of hydrogen-bond acceptors (Lipinski definition) is 1. The monoisotopic (exact) mass is 629 g/mol. The van der Waals surface area contributed by atoms with Crippen LogP contribution in [-0.2, 0) is 5.41 Å². The molecule has 2 aliphatic carbocycles. The minimum Gasteiger partial charge on any atom is -0.364 e. The summed E-state index contributed by atoms with van der Waals surface area (Å²) in [6.07, 6.45) is 22.1. The molecule has 47 heavy (non-hydrogen) atoms. The van der Waals surface area contributed by atoms with Gasteiger partial charge in [0.1, 0.15) is 0 Å². The molecule has 1 heteroatoms. The maximum absolute atomic E-state index is 2.62. The molecule has 0 amide bonds. The number of allylic oxidation sites excluding steroid dienone is 9. The molecule has 0 N–H and O–H groups in total. The fourth-order valence-corrected chi connectivity index (χ4v) is 8.42. The van der Waals surface area contributed by atoms with Gasteiger partial charge in [-0.15, -0.1) is 0 Å². The molecular weight excluding hydrogens is 567 g/mol. The maximum atomic E-state index is 2.62. The number of unbranched alkanes of at least 4 members (excludes halogenated alkanes) is 1. The second kappa shape index (κ2) is 14.7. The van der Waals surface area contributed by atoms with E-state index in [1.165, 1.54) is 58.8 Å². The van der Waals surface area contributed by atoms with Crippen LogP contribution < -0.4 is 4.90 Å². The standard InChI is InChI=1S/C44H53N.C2H6.2H2/c1-8-10-22-36-38-30-37(38)34-24-18-19-25-35(34)41(36)43(4,5)31(3)20-14-12-11-13-15-26-40-44(6,7)42-33-23-17-16-21-32(33)27-28-39(42)45(40)29-9-2;1-2;;/h11-21,23-28,37-38,40H,8-10,22,29-30H2,1-7H3;1-2H3;2*1H/b13-11+,14-12+,26-15+,31-20-;;;. The van der Waals surface area contributed by atoms with Crippen LogP contribution in [0.5, 0.6) is 0 Å².